The van der Waals surface area contributed by atoms with Crippen LogP contribution in [-0.4, -0.2) is 27.8 Å². The zero-order valence-electron chi connectivity index (χ0n) is 14.6. The van der Waals surface area contributed by atoms with Crippen LogP contribution in [0.25, 0.3) is 10.9 Å². The van der Waals surface area contributed by atoms with Crippen LogP contribution >= 0.6 is 35.3 Å². The number of nitrogens with zero attached hydrogens (tertiary/aromatic N) is 1. The summed E-state index contributed by atoms with van der Waals surface area (Å²) in [5, 5.41) is 5.47. The molecule has 0 aliphatic rings. The van der Waals surface area contributed by atoms with E-state index in [9.17, 15) is 9.59 Å². The van der Waals surface area contributed by atoms with E-state index in [4.69, 9.17) is 12.2 Å². The maximum absolute atomic E-state index is 12.5. The molecule has 0 radical (unpaired) electrons. The Morgan fingerprint density at radius 1 is 1.41 bits per heavy atom. The average molecular weight is 418 g/mol. The van der Waals surface area contributed by atoms with Crippen LogP contribution in [-0.2, 0) is 12.3 Å². The lowest BCUT2D eigenvalue weighted by Crippen LogP contribution is -2.26. The molecule has 0 aliphatic carbocycles. The molecule has 0 fully saturated rings. The van der Waals surface area contributed by atoms with Crippen LogP contribution in [0, 0.1) is 4.77 Å². The van der Waals surface area contributed by atoms with Crippen molar-refractivity contribution in [1.29, 1.82) is 0 Å². The number of aromatic amines is 1. The van der Waals surface area contributed by atoms with E-state index in [-0.39, 0.29) is 11.5 Å². The van der Waals surface area contributed by atoms with E-state index in [1.807, 2.05) is 6.07 Å². The number of H-pyrrole nitrogens is 1. The largest absolute Gasteiger partial charge is 0.351 e. The molecule has 0 aliphatic heterocycles. The fourth-order valence-electron chi connectivity index (χ4n) is 2.60. The number of allylic oxidation sites excluding steroid dienone is 1. The fraction of sp³-hybridized carbons (Fsp3) is 0.211. The Morgan fingerprint density at radius 2 is 2.26 bits per heavy atom. The lowest BCUT2D eigenvalue weighted by molar-refractivity contribution is 0.0956. The maximum atomic E-state index is 12.5. The van der Waals surface area contributed by atoms with Crippen molar-refractivity contribution in [2.45, 2.75) is 12.3 Å². The molecule has 0 unspecified atom stereocenters. The number of carbonyl (C=O) groups excluding carboxylic acids is 1. The highest BCUT2D eigenvalue weighted by Gasteiger charge is 2.10. The molecule has 1 amide bonds. The van der Waals surface area contributed by atoms with E-state index in [1.165, 1.54) is 9.44 Å². The van der Waals surface area contributed by atoms with Gasteiger partial charge in [0.1, 0.15) is 0 Å². The predicted octanol–water partition coefficient (Wildman–Crippen LogP) is 3.97. The number of hydrogen-bond acceptors (Lipinski definition) is 5. The molecule has 0 atom stereocenters. The minimum absolute atomic E-state index is 0.164. The van der Waals surface area contributed by atoms with Gasteiger partial charge in [0.2, 0.25) is 0 Å². The van der Waals surface area contributed by atoms with Gasteiger partial charge in [-0.1, -0.05) is 12.1 Å². The minimum Gasteiger partial charge on any atom is -0.351 e. The Kier molecular flexibility index (Phi) is 6.65. The van der Waals surface area contributed by atoms with E-state index in [0.717, 1.165) is 11.5 Å². The van der Waals surface area contributed by atoms with Gasteiger partial charge in [0, 0.05) is 35.0 Å². The highest BCUT2D eigenvalue weighted by atomic mass is 32.2. The monoisotopic (exact) mass is 417 g/mol. The zero-order chi connectivity index (χ0) is 19.2. The van der Waals surface area contributed by atoms with Crippen molar-refractivity contribution in [3.63, 3.8) is 0 Å². The van der Waals surface area contributed by atoms with Gasteiger partial charge < -0.3 is 10.3 Å². The first-order valence-corrected chi connectivity index (χ1v) is 10.8. The number of carbonyl (C=O) groups is 1. The summed E-state index contributed by atoms with van der Waals surface area (Å²) in [5.41, 5.74) is 0.868. The minimum atomic E-state index is -0.189. The second-order valence-electron chi connectivity index (χ2n) is 5.78. The van der Waals surface area contributed by atoms with Gasteiger partial charge in [-0.2, -0.15) is 11.8 Å². The number of thioether (sulfide) groups is 1. The van der Waals surface area contributed by atoms with Crippen LogP contribution in [0.3, 0.4) is 0 Å². The summed E-state index contributed by atoms with van der Waals surface area (Å²) in [5.74, 6) is 1.63. The molecular formula is C19H19N3O2S3. The Balaban J connectivity index is 1.64. The topological polar surface area (TPSA) is 66.9 Å². The van der Waals surface area contributed by atoms with Gasteiger partial charge >= 0.3 is 0 Å². The van der Waals surface area contributed by atoms with Crippen LogP contribution in [0.15, 0.2) is 53.2 Å². The van der Waals surface area contributed by atoms with E-state index in [1.54, 1.807) is 47.4 Å². The van der Waals surface area contributed by atoms with Crippen LogP contribution in [0.5, 0.6) is 0 Å². The van der Waals surface area contributed by atoms with Gasteiger partial charge in [-0.05, 0) is 41.9 Å². The lowest BCUT2D eigenvalue weighted by Gasteiger charge is -2.08. The Bertz CT molecular complexity index is 1070. The number of hydrogen-bond donors (Lipinski definition) is 2. The third kappa shape index (κ3) is 4.77. The Labute approximate surface area is 170 Å². The molecule has 0 spiro atoms. The summed E-state index contributed by atoms with van der Waals surface area (Å²) < 4.78 is 1.75. The van der Waals surface area contributed by atoms with Crippen molar-refractivity contribution in [3.8, 4) is 0 Å². The fourth-order valence-corrected chi connectivity index (χ4v) is 4.56. The average Bonchev–Trinajstić information content (AvgIpc) is 3.17. The van der Waals surface area contributed by atoms with Crippen LogP contribution in [0.2, 0.25) is 0 Å². The SMILES string of the molecule is C=CCn1c(=S)[nH]c2cc(C(=O)NCCSCc3cccs3)ccc2c1=O. The van der Waals surface area contributed by atoms with Crippen LogP contribution in [0.4, 0.5) is 0 Å². The van der Waals surface area contributed by atoms with Gasteiger partial charge in [-0.3, -0.25) is 14.2 Å². The number of nitrogens with one attached hydrogen (secondary N) is 2. The molecule has 1 aromatic carbocycles. The molecule has 0 saturated carbocycles. The summed E-state index contributed by atoms with van der Waals surface area (Å²) >= 11 is 8.75. The molecule has 140 valence electrons. The summed E-state index contributed by atoms with van der Waals surface area (Å²) in [6.07, 6.45) is 1.62. The molecule has 0 saturated heterocycles. The molecule has 27 heavy (non-hydrogen) atoms. The highest BCUT2D eigenvalue weighted by molar-refractivity contribution is 7.98. The van der Waals surface area contributed by atoms with Crippen molar-refractivity contribution in [2.24, 2.45) is 0 Å². The Hall–Kier alpha value is -2.16. The highest BCUT2D eigenvalue weighted by Crippen LogP contribution is 2.16. The molecule has 2 aromatic heterocycles. The molecule has 3 aromatic rings. The van der Waals surface area contributed by atoms with Crippen molar-refractivity contribution in [1.82, 2.24) is 14.9 Å². The number of amides is 1. The standard InChI is InChI=1S/C19H19N3O2S3/c1-2-8-22-18(24)15-6-5-13(11-16(15)21-19(22)25)17(23)20-7-10-26-12-14-4-3-9-27-14/h2-6,9,11H,1,7-8,10,12H2,(H,20,23)(H,21,25). The summed E-state index contributed by atoms with van der Waals surface area (Å²) in [4.78, 5) is 29.2. The normalized spacial score (nSPS) is 10.8. The van der Waals surface area contributed by atoms with Gasteiger partial charge in [0.25, 0.3) is 11.5 Å². The lowest BCUT2D eigenvalue weighted by atomic mass is 10.1. The first-order chi connectivity index (χ1) is 13.1. The second kappa shape index (κ2) is 9.16. The molecular weight excluding hydrogens is 398 g/mol. The quantitative estimate of drug-likeness (QED) is 0.331. The Morgan fingerprint density at radius 3 is 3.00 bits per heavy atom. The van der Waals surface area contributed by atoms with Gasteiger partial charge in [-0.15, -0.1) is 17.9 Å². The number of fused-ring (bicyclic) bond motifs is 1. The maximum Gasteiger partial charge on any atom is 0.262 e. The smallest absolute Gasteiger partial charge is 0.262 e. The van der Waals surface area contributed by atoms with Gasteiger partial charge in [-0.25, -0.2) is 0 Å². The first-order valence-electron chi connectivity index (χ1n) is 8.36. The summed E-state index contributed by atoms with van der Waals surface area (Å²) in [7, 11) is 0. The van der Waals surface area contributed by atoms with E-state index < -0.39 is 0 Å². The molecule has 2 N–H and O–H groups in total. The molecule has 0 bridgehead atoms. The van der Waals surface area contributed by atoms with Crippen LogP contribution in [0.1, 0.15) is 15.2 Å². The molecule has 3 rings (SSSR count). The predicted molar refractivity (Wildman–Crippen MR) is 116 cm³/mol. The number of rotatable bonds is 8. The van der Waals surface area contributed by atoms with Crippen molar-refractivity contribution < 1.29 is 4.79 Å². The van der Waals surface area contributed by atoms with Crippen molar-refractivity contribution in [2.75, 3.05) is 12.3 Å². The second-order valence-corrected chi connectivity index (χ2v) is 8.31. The van der Waals surface area contributed by atoms with Gasteiger partial charge in [0.05, 0.1) is 10.9 Å². The molecule has 2 heterocycles. The number of aromatic nitrogens is 2. The van der Waals surface area contributed by atoms with Crippen LogP contribution < -0.4 is 10.9 Å². The van der Waals surface area contributed by atoms with E-state index in [0.29, 0.717) is 34.3 Å². The van der Waals surface area contributed by atoms with E-state index >= 15 is 0 Å². The molecule has 8 heteroatoms. The van der Waals surface area contributed by atoms with E-state index in [2.05, 4.69) is 28.3 Å². The third-order valence-corrected chi connectivity index (χ3v) is 6.30. The summed E-state index contributed by atoms with van der Waals surface area (Å²) in [6.45, 7) is 4.57. The third-order valence-electron chi connectivity index (χ3n) is 3.91. The van der Waals surface area contributed by atoms with Crippen molar-refractivity contribution in [3.05, 3.63) is 73.9 Å². The number of benzene rings is 1. The van der Waals surface area contributed by atoms with Crippen molar-refractivity contribution >= 4 is 52.1 Å². The first kappa shape index (κ1) is 19.6. The molecule has 5 nitrogen and oxygen atoms in total. The number of thiophene rings is 1. The zero-order valence-corrected chi connectivity index (χ0v) is 17.0. The van der Waals surface area contributed by atoms with Gasteiger partial charge in [0.15, 0.2) is 4.77 Å². The summed E-state index contributed by atoms with van der Waals surface area (Å²) in [6, 6.07) is 9.13.